The highest BCUT2D eigenvalue weighted by Gasteiger charge is 2.23. The van der Waals surface area contributed by atoms with Crippen LogP contribution < -0.4 is 5.32 Å². The van der Waals surface area contributed by atoms with Crippen molar-refractivity contribution in [3.63, 3.8) is 0 Å². The summed E-state index contributed by atoms with van der Waals surface area (Å²) in [5.41, 5.74) is 1.26. The number of hydrogen-bond acceptors (Lipinski definition) is 4. The predicted octanol–water partition coefficient (Wildman–Crippen LogP) is 3.75. The van der Waals surface area contributed by atoms with Gasteiger partial charge in [0.2, 0.25) is 11.8 Å². The first-order valence-corrected chi connectivity index (χ1v) is 7.85. The number of aromatic nitrogens is 1. The van der Waals surface area contributed by atoms with E-state index in [1.54, 1.807) is 24.3 Å². The molecular weight excluding hydrogens is 330 g/mol. The van der Waals surface area contributed by atoms with Gasteiger partial charge in [-0.05, 0) is 42.8 Å². The largest absolute Gasteiger partial charge is 0.436 e. The molecule has 0 radical (unpaired) electrons. The van der Waals surface area contributed by atoms with Crippen molar-refractivity contribution in [2.24, 2.45) is 5.92 Å². The maximum atomic E-state index is 13.7. The van der Waals surface area contributed by atoms with E-state index < -0.39 is 11.6 Å². The minimum Gasteiger partial charge on any atom is -0.436 e. The predicted molar refractivity (Wildman–Crippen MR) is 86.9 cm³/mol. The van der Waals surface area contributed by atoms with Crippen LogP contribution in [0.2, 0.25) is 0 Å². The van der Waals surface area contributed by atoms with E-state index in [2.05, 4.69) is 10.3 Å². The minimum absolute atomic E-state index is 0.0790. The molecule has 3 aromatic rings. The van der Waals surface area contributed by atoms with Crippen LogP contribution in [0.4, 0.5) is 14.5 Å². The van der Waals surface area contributed by atoms with Crippen LogP contribution in [0.1, 0.15) is 6.42 Å². The molecule has 1 aromatic heterocycles. The molecule has 1 fully saturated rings. The number of nitrogens with zero attached hydrogens (tertiary/aromatic N) is 1. The Morgan fingerprint density at radius 3 is 2.68 bits per heavy atom. The molecule has 25 heavy (non-hydrogen) atoms. The van der Waals surface area contributed by atoms with E-state index in [1.165, 1.54) is 6.07 Å². The molecule has 0 aliphatic carbocycles. The number of rotatable bonds is 3. The van der Waals surface area contributed by atoms with E-state index in [4.69, 9.17) is 9.15 Å². The van der Waals surface area contributed by atoms with Crippen LogP contribution in [0.25, 0.3) is 22.6 Å². The Hall–Kier alpha value is -2.80. The van der Waals surface area contributed by atoms with E-state index >= 15 is 0 Å². The molecule has 7 heteroatoms. The van der Waals surface area contributed by atoms with Gasteiger partial charge in [0, 0.05) is 17.9 Å². The number of hydrogen-bond donors (Lipinski definition) is 1. The van der Waals surface area contributed by atoms with Crippen LogP contribution in [0, 0.1) is 17.6 Å². The summed E-state index contributed by atoms with van der Waals surface area (Å²) in [6, 6.07) is 9.13. The van der Waals surface area contributed by atoms with Crippen LogP contribution >= 0.6 is 0 Å². The van der Waals surface area contributed by atoms with Gasteiger partial charge < -0.3 is 14.5 Å². The molecule has 4 rings (SSSR count). The summed E-state index contributed by atoms with van der Waals surface area (Å²) in [6.45, 7) is 1.04. The molecule has 1 atom stereocenters. The zero-order valence-corrected chi connectivity index (χ0v) is 13.1. The van der Waals surface area contributed by atoms with Gasteiger partial charge >= 0.3 is 0 Å². The van der Waals surface area contributed by atoms with Gasteiger partial charge in [0.1, 0.15) is 5.52 Å². The van der Waals surface area contributed by atoms with E-state index in [9.17, 15) is 13.6 Å². The highest BCUT2D eigenvalue weighted by atomic mass is 19.2. The van der Waals surface area contributed by atoms with E-state index in [0.29, 0.717) is 24.5 Å². The Morgan fingerprint density at radius 1 is 1.16 bits per heavy atom. The van der Waals surface area contributed by atoms with Crippen molar-refractivity contribution in [3.05, 3.63) is 48.0 Å². The average molecular weight is 344 g/mol. The molecule has 128 valence electrons. The van der Waals surface area contributed by atoms with Gasteiger partial charge in [0.25, 0.3) is 0 Å². The lowest BCUT2D eigenvalue weighted by atomic mass is 10.1. The number of carbonyl (C=O) groups is 1. The molecule has 1 unspecified atom stereocenters. The van der Waals surface area contributed by atoms with Crippen LogP contribution in [0.5, 0.6) is 0 Å². The van der Waals surface area contributed by atoms with Crippen LogP contribution in [0.15, 0.2) is 40.8 Å². The molecule has 1 saturated heterocycles. The summed E-state index contributed by atoms with van der Waals surface area (Å²) in [5.74, 6) is -2.03. The highest BCUT2D eigenvalue weighted by Crippen LogP contribution is 2.28. The first-order valence-electron chi connectivity index (χ1n) is 7.85. The van der Waals surface area contributed by atoms with Crippen LogP contribution in [-0.4, -0.2) is 24.1 Å². The molecule has 1 aliphatic heterocycles. The molecule has 5 nitrogen and oxygen atoms in total. The Balaban J connectivity index is 1.55. The minimum atomic E-state index is -1.03. The van der Waals surface area contributed by atoms with Gasteiger partial charge in [-0.2, -0.15) is 0 Å². The summed E-state index contributed by atoms with van der Waals surface area (Å²) >= 11 is 0. The molecule has 0 saturated carbocycles. The quantitative estimate of drug-likeness (QED) is 0.786. The van der Waals surface area contributed by atoms with E-state index in [1.807, 2.05) is 0 Å². The number of nitrogens with one attached hydrogen (secondary N) is 1. The number of halogens is 2. The fraction of sp³-hybridized carbons (Fsp3) is 0.222. The number of anilines is 1. The molecule has 0 bridgehead atoms. The third-order valence-corrected chi connectivity index (χ3v) is 4.15. The fourth-order valence-corrected chi connectivity index (χ4v) is 2.74. The maximum Gasteiger partial charge on any atom is 0.229 e. The van der Waals surface area contributed by atoms with Crippen molar-refractivity contribution in [3.8, 4) is 11.5 Å². The number of carbonyl (C=O) groups excluding carboxylic acids is 1. The Kier molecular flexibility index (Phi) is 3.93. The molecule has 1 amide bonds. The third kappa shape index (κ3) is 2.98. The SMILES string of the molecule is O=C(Nc1ccc(-c2nc3c(F)c(F)ccc3o2)cc1)C1CCOC1. The first kappa shape index (κ1) is 15.7. The van der Waals surface area contributed by atoms with Crippen molar-refractivity contribution < 1.29 is 22.7 Å². The van der Waals surface area contributed by atoms with Crippen molar-refractivity contribution >= 4 is 22.7 Å². The lowest BCUT2D eigenvalue weighted by molar-refractivity contribution is -0.119. The molecule has 2 aromatic carbocycles. The number of amides is 1. The summed E-state index contributed by atoms with van der Waals surface area (Å²) in [6.07, 6.45) is 0.717. The van der Waals surface area contributed by atoms with Crippen LogP contribution in [-0.2, 0) is 9.53 Å². The van der Waals surface area contributed by atoms with Gasteiger partial charge in [-0.15, -0.1) is 0 Å². The van der Waals surface area contributed by atoms with Crippen molar-refractivity contribution in [2.45, 2.75) is 6.42 Å². The lowest BCUT2D eigenvalue weighted by Gasteiger charge is -2.09. The summed E-state index contributed by atoms with van der Waals surface area (Å²) < 4.78 is 37.7. The average Bonchev–Trinajstić information content (AvgIpc) is 3.29. The fourth-order valence-electron chi connectivity index (χ4n) is 2.74. The molecule has 0 spiro atoms. The van der Waals surface area contributed by atoms with Crippen molar-refractivity contribution in [2.75, 3.05) is 18.5 Å². The zero-order chi connectivity index (χ0) is 17.4. The lowest BCUT2D eigenvalue weighted by Crippen LogP contribution is -2.22. The number of fused-ring (bicyclic) bond motifs is 1. The maximum absolute atomic E-state index is 13.7. The van der Waals surface area contributed by atoms with Gasteiger partial charge in [0.05, 0.1) is 12.5 Å². The molecule has 1 aliphatic rings. The van der Waals surface area contributed by atoms with E-state index in [0.717, 1.165) is 12.5 Å². The molecular formula is C18H14F2N2O3. The normalized spacial score (nSPS) is 17.1. The van der Waals surface area contributed by atoms with Gasteiger partial charge in [0.15, 0.2) is 17.2 Å². The molecule has 1 N–H and O–H groups in total. The topological polar surface area (TPSA) is 64.4 Å². The Bertz CT molecular complexity index is 931. The van der Waals surface area contributed by atoms with Gasteiger partial charge in [-0.1, -0.05) is 0 Å². The third-order valence-electron chi connectivity index (χ3n) is 4.15. The number of benzene rings is 2. The zero-order valence-electron chi connectivity index (χ0n) is 13.1. The smallest absolute Gasteiger partial charge is 0.229 e. The monoisotopic (exact) mass is 344 g/mol. The highest BCUT2D eigenvalue weighted by molar-refractivity contribution is 5.93. The van der Waals surface area contributed by atoms with Gasteiger partial charge in [-0.3, -0.25) is 4.79 Å². The van der Waals surface area contributed by atoms with E-state index in [-0.39, 0.29) is 28.8 Å². The van der Waals surface area contributed by atoms with Crippen molar-refractivity contribution in [1.82, 2.24) is 4.98 Å². The van der Waals surface area contributed by atoms with Crippen molar-refractivity contribution in [1.29, 1.82) is 0 Å². The second kappa shape index (κ2) is 6.25. The molecule has 2 heterocycles. The van der Waals surface area contributed by atoms with Gasteiger partial charge in [-0.25, -0.2) is 13.8 Å². The van der Waals surface area contributed by atoms with Crippen LogP contribution in [0.3, 0.4) is 0 Å². The Labute approximate surface area is 141 Å². The standard InChI is InChI=1S/C18H14F2N2O3/c19-13-5-6-14-16(15(13)20)22-18(25-14)10-1-3-12(4-2-10)21-17(23)11-7-8-24-9-11/h1-6,11H,7-9H2,(H,21,23). The second-order valence-electron chi connectivity index (χ2n) is 5.85. The summed E-state index contributed by atoms with van der Waals surface area (Å²) in [7, 11) is 0. The Morgan fingerprint density at radius 2 is 1.96 bits per heavy atom. The number of ether oxygens (including phenoxy) is 1. The second-order valence-corrected chi connectivity index (χ2v) is 5.85. The first-order chi connectivity index (χ1) is 12.1. The summed E-state index contributed by atoms with van der Waals surface area (Å²) in [4.78, 5) is 16.1. The summed E-state index contributed by atoms with van der Waals surface area (Å²) in [5, 5.41) is 2.83. The number of oxazole rings is 1.